The lowest BCUT2D eigenvalue weighted by atomic mass is 10.1. The Morgan fingerprint density at radius 2 is 2.24 bits per heavy atom. The Labute approximate surface area is 110 Å². The molecule has 1 saturated carbocycles. The van der Waals surface area contributed by atoms with Gasteiger partial charge in [-0.15, -0.1) is 11.3 Å². The van der Waals surface area contributed by atoms with Gasteiger partial charge in [0.15, 0.2) is 0 Å². The van der Waals surface area contributed by atoms with Gasteiger partial charge in [-0.3, -0.25) is 0 Å². The summed E-state index contributed by atoms with van der Waals surface area (Å²) in [6, 6.07) is 0. The van der Waals surface area contributed by atoms with E-state index in [1.165, 1.54) is 18.4 Å². The highest BCUT2D eigenvalue weighted by atomic mass is 35.5. The maximum absolute atomic E-state index is 6.32. The predicted molar refractivity (Wildman–Crippen MR) is 73.0 cm³/mol. The summed E-state index contributed by atoms with van der Waals surface area (Å²) < 4.78 is 0. The molecule has 0 saturated heterocycles. The Morgan fingerprint density at radius 1 is 1.41 bits per heavy atom. The molecule has 0 aromatic carbocycles. The van der Waals surface area contributed by atoms with Gasteiger partial charge >= 0.3 is 0 Å². The Bertz CT molecular complexity index is 546. The van der Waals surface area contributed by atoms with Gasteiger partial charge < -0.3 is 0 Å². The van der Waals surface area contributed by atoms with Crippen molar-refractivity contribution in [3.63, 3.8) is 0 Å². The molecule has 90 valence electrons. The molecule has 4 heteroatoms. The van der Waals surface area contributed by atoms with E-state index in [0.29, 0.717) is 11.1 Å². The molecule has 0 spiro atoms. The molecule has 0 radical (unpaired) electrons. The number of nitrogens with zero attached hydrogens (tertiary/aromatic N) is 2. The molecule has 0 N–H and O–H groups in total. The van der Waals surface area contributed by atoms with Crippen LogP contribution in [0.4, 0.5) is 0 Å². The van der Waals surface area contributed by atoms with E-state index in [0.717, 1.165) is 35.3 Å². The van der Waals surface area contributed by atoms with Crippen LogP contribution in [0, 0.1) is 0 Å². The van der Waals surface area contributed by atoms with Crippen molar-refractivity contribution in [2.75, 3.05) is 0 Å². The number of aromatic nitrogens is 2. The van der Waals surface area contributed by atoms with E-state index in [1.54, 1.807) is 11.3 Å². The summed E-state index contributed by atoms with van der Waals surface area (Å²) in [5.41, 5.74) is 1.37. The summed E-state index contributed by atoms with van der Waals surface area (Å²) >= 11 is 8.02. The Kier molecular flexibility index (Phi) is 3.05. The van der Waals surface area contributed by atoms with E-state index in [9.17, 15) is 0 Å². The van der Waals surface area contributed by atoms with Gasteiger partial charge in [-0.05, 0) is 36.1 Å². The van der Waals surface area contributed by atoms with E-state index in [2.05, 4.69) is 22.3 Å². The van der Waals surface area contributed by atoms with Crippen LogP contribution < -0.4 is 0 Å². The Morgan fingerprint density at radius 3 is 2.94 bits per heavy atom. The van der Waals surface area contributed by atoms with Gasteiger partial charge in [0.05, 0.1) is 5.39 Å². The molecule has 1 aliphatic carbocycles. The minimum atomic E-state index is 0.657. The number of halogens is 1. The van der Waals surface area contributed by atoms with Crippen molar-refractivity contribution in [1.82, 2.24) is 9.97 Å². The second kappa shape index (κ2) is 4.54. The summed E-state index contributed by atoms with van der Waals surface area (Å²) in [5, 5.41) is 3.98. The lowest BCUT2D eigenvalue weighted by Crippen LogP contribution is -1.95. The lowest BCUT2D eigenvalue weighted by Gasteiger charge is -2.02. The van der Waals surface area contributed by atoms with E-state index < -0.39 is 0 Å². The van der Waals surface area contributed by atoms with Crippen molar-refractivity contribution in [3.8, 4) is 0 Å². The highest BCUT2D eigenvalue weighted by Crippen LogP contribution is 2.46. The minimum Gasteiger partial charge on any atom is -0.222 e. The smallest absolute Gasteiger partial charge is 0.141 e. The average Bonchev–Trinajstić information content (AvgIpc) is 3.07. The monoisotopic (exact) mass is 266 g/mol. The topological polar surface area (TPSA) is 25.8 Å². The van der Waals surface area contributed by atoms with Crippen LogP contribution in [0.15, 0.2) is 5.38 Å². The highest BCUT2D eigenvalue weighted by molar-refractivity contribution is 7.17. The third-order valence-corrected chi connectivity index (χ3v) is 4.40. The number of fused-ring (bicyclic) bond motifs is 1. The maximum Gasteiger partial charge on any atom is 0.141 e. The molecule has 0 bridgehead atoms. The Balaban J connectivity index is 2.02. The van der Waals surface area contributed by atoms with Gasteiger partial charge in [0, 0.05) is 6.42 Å². The summed E-state index contributed by atoms with van der Waals surface area (Å²) in [6.07, 6.45) is 5.81. The van der Waals surface area contributed by atoms with Crippen LogP contribution in [0.25, 0.3) is 10.2 Å². The maximum atomic E-state index is 6.32. The number of hydrogen-bond acceptors (Lipinski definition) is 3. The van der Waals surface area contributed by atoms with Crippen LogP contribution in [0.1, 0.15) is 49.9 Å². The molecule has 3 rings (SSSR count). The number of aryl methyl sites for hydroxylation is 1. The molecule has 1 fully saturated rings. The van der Waals surface area contributed by atoms with Crippen molar-refractivity contribution in [3.05, 3.63) is 21.9 Å². The summed E-state index contributed by atoms with van der Waals surface area (Å²) in [6.45, 7) is 2.18. The first-order chi connectivity index (χ1) is 8.29. The largest absolute Gasteiger partial charge is 0.222 e. The molecule has 1 aliphatic rings. The zero-order valence-corrected chi connectivity index (χ0v) is 11.4. The fourth-order valence-electron chi connectivity index (χ4n) is 2.10. The molecular formula is C13H15ClN2S. The lowest BCUT2D eigenvalue weighted by molar-refractivity contribution is 0.757. The summed E-state index contributed by atoms with van der Waals surface area (Å²) in [7, 11) is 0. The van der Waals surface area contributed by atoms with Gasteiger partial charge in [0.1, 0.15) is 15.8 Å². The van der Waals surface area contributed by atoms with E-state index in [4.69, 9.17) is 11.6 Å². The number of hydrogen-bond donors (Lipinski definition) is 0. The average molecular weight is 267 g/mol. The van der Waals surface area contributed by atoms with Gasteiger partial charge in [-0.1, -0.05) is 24.9 Å². The third-order valence-electron chi connectivity index (χ3n) is 3.24. The van der Waals surface area contributed by atoms with Crippen LogP contribution in [-0.2, 0) is 6.42 Å². The van der Waals surface area contributed by atoms with Crippen molar-refractivity contribution >= 4 is 33.2 Å². The summed E-state index contributed by atoms with van der Waals surface area (Å²) in [5.74, 6) is 1.61. The molecule has 0 atom stereocenters. The fraction of sp³-hybridized carbons (Fsp3) is 0.538. The second-order valence-corrected chi connectivity index (χ2v) is 5.90. The highest BCUT2D eigenvalue weighted by Gasteiger charge is 2.28. The second-order valence-electron chi connectivity index (χ2n) is 4.68. The number of thiophene rings is 1. The van der Waals surface area contributed by atoms with Gasteiger partial charge in [-0.2, -0.15) is 0 Å². The first-order valence-corrected chi connectivity index (χ1v) is 7.49. The van der Waals surface area contributed by atoms with Crippen LogP contribution in [0.2, 0.25) is 5.15 Å². The van der Waals surface area contributed by atoms with Crippen LogP contribution >= 0.6 is 22.9 Å². The van der Waals surface area contributed by atoms with Crippen LogP contribution in [0.5, 0.6) is 0 Å². The molecule has 2 heterocycles. The molecule has 0 unspecified atom stereocenters. The van der Waals surface area contributed by atoms with Gasteiger partial charge in [0.25, 0.3) is 0 Å². The quantitative estimate of drug-likeness (QED) is 0.758. The third kappa shape index (κ3) is 2.18. The number of rotatable bonds is 4. The standard InChI is InChI=1S/C13H15ClN2S/c1-2-3-4-10-15-12(14)11-9(8-5-6-8)7-17-13(11)16-10/h7-8H,2-6H2,1H3. The van der Waals surface area contributed by atoms with Crippen molar-refractivity contribution in [2.45, 2.75) is 44.9 Å². The zero-order chi connectivity index (χ0) is 11.8. The molecule has 0 amide bonds. The number of unbranched alkanes of at least 4 members (excludes halogenated alkanes) is 1. The zero-order valence-electron chi connectivity index (χ0n) is 9.87. The minimum absolute atomic E-state index is 0.657. The van der Waals surface area contributed by atoms with Crippen molar-refractivity contribution < 1.29 is 0 Å². The van der Waals surface area contributed by atoms with E-state index in [1.807, 2.05) is 0 Å². The van der Waals surface area contributed by atoms with Crippen molar-refractivity contribution in [1.29, 1.82) is 0 Å². The van der Waals surface area contributed by atoms with Crippen LogP contribution in [-0.4, -0.2) is 9.97 Å². The normalized spacial score (nSPS) is 15.6. The van der Waals surface area contributed by atoms with Crippen molar-refractivity contribution in [2.24, 2.45) is 0 Å². The molecular weight excluding hydrogens is 252 g/mol. The van der Waals surface area contributed by atoms with E-state index >= 15 is 0 Å². The molecule has 2 aromatic rings. The SMILES string of the molecule is CCCCc1nc(Cl)c2c(C3CC3)csc2n1. The van der Waals surface area contributed by atoms with Crippen LogP contribution in [0.3, 0.4) is 0 Å². The summed E-state index contributed by atoms with van der Waals surface area (Å²) in [4.78, 5) is 10.1. The molecule has 2 aromatic heterocycles. The Hall–Kier alpha value is -0.670. The van der Waals surface area contributed by atoms with Gasteiger partial charge in [-0.25, -0.2) is 9.97 Å². The first kappa shape index (κ1) is 11.4. The van der Waals surface area contributed by atoms with E-state index in [-0.39, 0.29) is 0 Å². The molecule has 17 heavy (non-hydrogen) atoms. The van der Waals surface area contributed by atoms with Gasteiger partial charge in [0.2, 0.25) is 0 Å². The molecule has 2 nitrogen and oxygen atoms in total. The first-order valence-electron chi connectivity index (χ1n) is 6.23. The predicted octanol–water partition coefficient (Wildman–Crippen LogP) is 4.56. The molecule has 0 aliphatic heterocycles. The fourth-order valence-corrected chi connectivity index (χ4v) is 3.49.